The number of piperidine rings is 1. The summed E-state index contributed by atoms with van der Waals surface area (Å²) in [5.74, 6) is 1.80. The Labute approximate surface area is 252 Å². The standard InChI is InChI=1S/C34H38N4O5/c1-34(2,3)26-14-11-22(12-15-26)31(39)23-8-6-10-27(18-23)35-33(40)25-9-7-17-38(20-25)21-30-36-32(37-43-30)24-13-16-28(41-4)29(19-24)42-5/h6,8,10-16,18-19,25H,7,9,17,20-21H2,1-5H3,(H,35,40). The van der Waals surface area contributed by atoms with Crippen LogP contribution in [0.15, 0.2) is 71.3 Å². The molecule has 2 heterocycles. The van der Waals surface area contributed by atoms with Crippen molar-refractivity contribution in [1.82, 2.24) is 15.0 Å². The van der Waals surface area contributed by atoms with Crippen LogP contribution < -0.4 is 14.8 Å². The third-order valence-corrected chi connectivity index (χ3v) is 7.75. The third kappa shape index (κ3) is 7.11. The maximum Gasteiger partial charge on any atom is 0.241 e. The van der Waals surface area contributed by atoms with Crippen LogP contribution in [0.5, 0.6) is 11.5 Å². The number of hydrogen-bond acceptors (Lipinski definition) is 8. The molecule has 0 radical (unpaired) electrons. The SMILES string of the molecule is COc1ccc(-c2noc(CN3CCCC(C(=O)Nc4cccc(C(=O)c5ccc(C(C)(C)C)cc5)c4)C3)n2)cc1OC. The maximum atomic E-state index is 13.3. The van der Waals surface area contributed by atoms with Crippen LogP contribution in [-0.2, 0) is 16.8 Å². The van der Waals surface area contributed by atoms with Crippen molar-refractivity contribution >= 4 is 17.4 Å². The lowest BCUT2D eigenvalue weighted by atomic mass is 9.86. The van der Waals surface area contributed by atoms with Gasteiger partial charge in [0.15, 0.2) is 17.3 Å². The summed E-state index contributed by atoms with van der Waals surface area (Å²) in [4.78, 5) is 33.1. The molecule has 1 fully saturated rings. The fourth-order valence-electron chi connectivity index (χ4n) is 5.29. The van der Waals surface area contributed by atoms with Crippen LogP contribution in [0, 0.1) is 5.92 Å². The van der Waals surface area contributed by atoms with Crippen LogP contribution >= 0.6 is 0 Å². The molecule has 1 aliphatic heterocycles. The van der Waals surface area contributed by atoms with Gasteiger partial charge in [0.1, 0.15) is 0 Å². The fraction of sp³-hybridized carbons (Fsp3) is 0.353. The molecule has 1 unspecified atom stereocenters. The molecule has 0 aliphatic carbocycles. The van der Waals surface area contributed by atoms with Gasteiger partial charge in [-0.1, -0.05) is 62.3 Å². The Morgan fingerprint density at radius 3 is 2.47 bits per heavy atom. The van der Waals surface area contributed by atoms with Crippen LogP contribution in [0.1, 0.15) is 61.0 Å². The van der Waals surface area contributed by atoms with E-state index in [4.69, 9.17) is 14.0 Å². The molecular formula is C34H38N4O5. The number of hydrogen-bond donors (Lipinski definition) is 1. The second kappa shape index (κ2) is 12.8. The van der Waals surface area contributed by atoms with E-state index in [9.17, 15) is 9.59 Å². The van der Waals surface area contributed by atoms with E-state index in [0.29, 0.717) is 53.1 Å². The number of ketones is 1. The zero-order chi connectivity index (χ0) is 30.6. The van der Waals surface area contributed by atoms with Crippen LogP contribution in [0.2, 0.25) is 0 Å². The molecule has 43 heavy (non-hydrogen) atoms. The molecule has 1 aliphatic rings. The number of methoxy groups -OCH3 is 2. The Balaban J connectivity index is 1.19. The van der Waals surface area contributed by atoms with Gasteiger partial charge >= 0.3 is 0 Å². The first kappa shape index (κ1) is 30.0. The number of ether oxygens (including phenoxy) is 2. The number of amides is 1. The number of benzene rings is 3. The summed E-state index contributed by atoms with van der Waals surface area (Å²) in [6, 6.07) is 20.3. The van der Waals surface area contributed by atoms with Crippen LogP contribution in [0.3, 0.4) is 0 Å². The fourth-order valence-corrected chi connectivity index (χ4v) is 5.29. The third-order valence-electron chi connectivity index (χ3n) is 7.75. The average Bonchev–Trinajstić information content (AvgIpc) is 3.48. The first-order valence-electron chi connectivity index (χ1n) is 14.5. The molecule has 3 aromatic carbocycles. The van der Waals surface area contributed by atoms with Gasteiger partial charge in [-0.05, 0) is 60.7 Å². The Morgan fingerprint density at radius 1 is 0.977 bits per heavy atom. The van der Waals surface area contributed by atoms with Crippen LogP contribution in [0.4, 0.5) is 5.69 Å². The number of carbonyl (C=O) groups is 2. The zero-order valence-corrected chi connectivity index (χ0v) is 25.3. The lowest BCUT2D eigenvalue weighted by Gasteiger charge is -2.30. The van der Waals surface area contributed by atoms with Crippen molar-refractivity contribution in [3.05, 3.63) is 89.3 Å². The number of aromatic nitrogens is 2. The first-order valence-corrected chi connectivity index (χ1v) is 14.5. The highest BCUT2D eigenvalue weighted by Crippen LogP contribution is 2.31. The molecule has 1 aromatic heterocycles. The molecule has 0 bridgehead atoms. The molecule has 1 N–H and O–H groups in total. The Kier molecular flexibility index (Phi) is 8.92. The van der Waals surface area contributed by atoms with Crippen molar-refractivity contribution in [3.8, 4) is 22.9 Å². The van der Waals surface area contributed by atoms with Crippen LogP contribution in [-0.4, -0.2) is 54.0 Å². The van der Waals surface area contributed by atoms with Gasteiger partial charge in [0, 0.05) is 28.9 Å². The van der Waals surface area contributed by atoms with Gasteiger partial charge in [0.25, 0.3) is 0 Å². The van der Waals surface area contributed by atoms with Gasteiger partial charge in [-0.25, -0.2) is 0 Å². The minimum atomic E-state index is -0.203. The molecule has 224 valence electrons. The highest BCUT2D eigenvalue weighted by atomic mass is 16.5. The summed E-state index contributed by atoms with van der Waals surface area (Å²) < 4.78 is 16.2. The summed E-state index contributed by atoms with van der Waals surface area (Å²) in [6.45, 7) is 8.27. The molecule has 9 nitrogen and oxygen atoms in total. The highest BCUT2D eigenvalue weighted by Gasteiger charge is 2.27. The number of likely N-dealkylation sites (tertiary alicyclic amines) is 1. The lowest BCUT2D eigenvalue weighted by molar-refractivity contribution is -0.121. The normalized spacial score (nSPS) is 15.6. The molecule has 1 amide bonds. The molecule has 1 saturated heterocycles. The molecule has 0 saturated carbocycles. The maximum absolute atomic E-state index is 13.3. The number of rotatable bonds is 9. The van der Waals surface area contributed by atoms with Gasteiger partial charge in [0.2, 0.25) is 17.6 Å². The average molecular weight is 583 g/mol. The van der Waals surface area contributed by atoms with E-state index in [1.54, 1.807) is 44.6 Å². The monoisotopic (exact) mass is 582 g/mol. The molecule has 0 spiro atoms. The Morgan fingerprint density at radius 2 is 1.74 bits per heavy atom. The Hall–Kier alpha value is -4.50. The summed E-state index contributed by atoms with van der Waals surface area (Å²) in [7, 11) is 3.16. The highest BCUT2D eigenvalue weighted by molar-refractivity contribution is 6.09. The van der Waals surface area contributed by atoms with Crippen molar-refractivity contribution < 1.29 is 23.6 Å². The zero-order valence-electron chi connectivity index (χ0n) is 25.3. The second-order valence-electron chi connectivity index (χ2n) is 11.9. The van der Waals surface area contributed by atoms with E-state index in [1.807, 2.05) is 36.4 Å². The number of carbonyl (C=O) groups excluding carboxylic acids is 2. The van der Waals surface area contributed by atoms with E-state index in [0.717, 1.165) is 24.9 Å². The second-order valence-corrected chi connectivity index (χ2v) is 11.9. The van der Waals surface area contributed by atoms with Gasteiger partial charge in [-0.2, -0.15) is 4.98 Å². The Bertz CT molecular complexity index is 1590. The quantitative estimate of drug-likeness (QED) is 0.235. The van der Waals surface area contributed by atoms with Crippen molar-refractivity contribution in [3.63, 3.8) is 0 Å². The summed E-state index contributed by atoms with van der Waals surface area (Å²) >= 11 is 0. The smallest absolute Gasteiger partial charge is 0.241 e. The molecule has 1 atom stereocenters. The van der Waals surface area contributed by atoms with E-state index in [2.05, 4.69) is 41.1 Å². The molecular weight excluding hydrogens is 544 g/mol. The number of nitrogens with zero attached hydrogens (tertiary/aromatic N) is 3. The summed E-state index contributed by atoms with van der Waals surface area (Å²) in [5, 5.41) is 7.16. The van der Waals surface area contributed by atoms with Crippen molar-refractivity contribution in [1.29, 1.82) is 0 Å². The molecule has 4 aromatic rings. The molecule has 5 rings (SSSR count). The number of nitrogens with one attached hydrogen (secondary N) is 1. The van der Waals surface area contributed by atoms with E-state index in [-0.39, 0.29) is 23.0 Å². The summed E-state index contributed by atoms with van der Waals surface area (Å²) in [5.41, 5.74) is 3.70. The van der Waals surface area contributed by atoms with Crippen molar-refractivity contribution in [2.45, 2.75) is 45.6 Å². The minimum Gasteiger partial charge on any atom is -0.493 e. The minimum absolute atomic E-state index is 0.0146. The van der Waals surface area contributed by atoms with Gasteiger partial charge in [0.05, 0.1) is 26.7 Å². The topological polar surface area (TPSA) is 107 Å². The largest absolute Gasteiger partial charge is 0.493 e. The van der Waals surface area contributed by atoms with E-state index < -0.39 is 0 Å². The predicted molar refractivity (Wildman–Crippen MR) is 164 cm³/mol. The van der Waals surface area contributed by atoms with Crippen LogP contribution in [0.25, 0.3) is 11.4 Å². The lowest BCUT2D eigenvalue weighted by Crippen LogP contribution is -2.40. The van der Waals surface area contributed by atoms with Crippen molar-refractivity contribution in [2.75, 3.05) is 32.6 Å². The van der Waals surface area contributed by atoms with E-state index in [1.165, 1.54) is 5.56 Å². The van der Waals surface area contributed by atoms with Gasteiger partial charge in [-0.3, -0.25) is 14.5 Å². The van der Waals surface area contributed by atoms with E-state index >= 15 is 0 Å². The first-order chi connectivity index (χ1) is 20.6. The summed E-state index contributed by atoms with van der Waals surface area (Å²) in [6.07, 6.45) is 1.65. The molecule has 9 heteroatoms. The predicted octanol–water partition coefficient (Wildman–Crippen LogP) is 6.13. The van der Waals surface area contributed by atoms with Crippen molar-refractivity contribution in [2.24, 2.45) is 5.92 Å². The van der Waals surface area contributed by atoms with Gasteiger partial charge in [-0.15, -0.1) is 0 Å². The van der Waals surface area contributed by atoms with Gasteiger partial charge < -0.3 is 19.3 Å². The number of anilines is 1.